The van der Waals surface area contributed by atoms with E-state index in [1.54, 1.807) is 0 Å². The standard InChI is InChI=1S/C20H20N2O3S/c1-10(2)12-5-7-13(8-6-12)16-14(9-21)19(22)25-17-15(20(23)24-4)11(3)26-18(16)17/h5-8,10,16H,22H2,1-4H3/t16-/m1/s1. The Hall–Kier alpha value is -2.78. The molecule has 5 nitrogen and oxygen atoms in total. The summed E-state index contributed by atoms with van der Waals surface area (Å²) < 4.78 is 10.5. The number of carbonyl (C=O) groups is 1. The Morgan fingerprint density at radius 2 is 2.00 bits per heavy atom. The lowest BCUT2D eigenvalue weighted by Crippen LogP contribution is -2.21. The molecular formula is C20H20N2O3S. The number of hydrogen-bond donors (Lipinski definition) is 1. The third-order valence-corrected chi connectivity index (χ3v) is 5.69. The quantitative estimate of drug-likeness (QED) is 0.821. The Kier molecular flexibility index (Phi) is 4.75. The highest BCUT2D eigenvalue weighted by atomic mass is 32.1. The number of esters is 1. The third-order valence-electron chi connectivity index (χ3n) is 4.54. The molecule has 0 bridgehead atoms. The molecule has 0 unspecified atom stereocenters. The highest BCUT2D eigenvalue weighted by Gasteiger charge is 2.37. The zero-order valence-corrected chi connectivity index (χ0v) is 15.9. The van der Waals surface area contributed by atoms with E-state index in [-0.39, 0.29) is 11.8 Å². The van der Waals surface area contributed by atoms with Crippen LogP contribution in [0.4, 0.5) is 0 Å². The van der Waals surface area contributed by atoms with Gasteiger partial charge in [0.1, 0.15) is 17.2 Å². The molecule has 0 aliphatic carbocycles. The smallest absolute Gasteiger partial charge is 0.342 e. The first kappa shape index (κ1) is 18.0. The lowest BCUT2D eigenvalue weighted by atomic mass is 9.87. The summed E-state index contributed by atoms with van der Waals surface area (Å²) >= 11 is 1.43. The van der Waals surface area contributed by atoms with Gasteiger partial charge in [0, 0.05) is 4.88 Å². The molecule has 134 valence electrons. The number of thiophene rings is 1. The van der Waals surface area contributed by atoms with Gasteiger partial charge in [0.05, 0.1) is 17.9 Å². The van der Waals surface area contributed by atoms with Crippen LogP contribution in [-0.4, -0.2) is 13.1 Å². The van der Waals surface area contributed by atoms with Crippen LogP contribution in [0.15, 0.2) is 35.7 Å². The zero-order valence-electron chi connectivity index (χ0n) is 15.1. The molecule has 1 aromatic heterocycles. The van der Waals surface area contributed by atoms with Gasteiger partial charge in [-0.2, -0.15) is 5.26 Å². The van der Waals surface area contributed by atoms with E-state index in [1.807, 2.05) is 19.1 Å². The number of benzene rings is 1. The van der Waals surface area contributed by atoms with Crippen LogP contribution in [0.5, 0.6) is 5.75 Å². The van der Waals surface area contributed by atoms with Gasteiger partial charge in [-0.05, 0) is 24.0 Å². The second kappa shape index (κ2) is 6.85. The summed E-state index contributed by atoms with van der Waals surface area (Å²) in [5.41, 5.74) is 8.90. The number of carbonyl (C=O) groups excluding carboxylic acids is 1. The van der Waals surface area contributed by atoms with E-state index < -0.39 is 5.97 Å². The fourth-order valence-electron chi connectivity index (χ4n) is 3.12. The van der Waals surface area contributed by atoms with Gasteiger partial charge in [0.2, 0.25) is 5.88 Å². The Morgan fingerprint density at radius 3 is 2.54 bits per heavy atom. The number of methoxy groups -OCH3 is 1. The maximum absolute atomic E-state index is 12.2. The summed E-state index contributed by atoms with van der Waals surface area (Å²) in [5.74, 6) is 0.0177. The van der Waals surface area contributed by atoms with Gasteiger partial charge in [-0.3, -0.25) is 0 Å². The molecule has 1 aromatic carbocycles. The Labute approximate surface area is 156 Å². The van der Waals surface area contributed by atoms with Gasteiger partial charge in [0.25, 0.3) is 0 Å². The Bertz CT molecular complexity index is 933. The number of allylic oxidation sites excluding steroid dienone is 1. The largest absolute Gasteiger partial charge is 0.465 e. The molecule has 0 amide bonds. The summed E-state index contributed by atoms with van der Waals surface area (Å²) in [6.07, 6.45) is 0. The Morgan fingerprint density at radius 1 is 1.35 bits per heavy atom. The van der Waals surface area contributed by atoms with Crippen LogP contribution in [0.1, 0.15) is 56.9 Å². The average molecular weight is 368 g/mol. The van der Waals surface area contributed by atoms with Crippen molar-refractivity contribution in [3.8, 4) is 11.8 Å². The van der Waals surface area contributed by atoms with Gasteiger partial charge >= 0.3 is 5.97 Å². The molecule has 1 atom stereocenters. The summed E-state index contributed by atoms with van der Waals surface area (Å²) in [6, 6.07) is 10.3. The van der Waals surface area contributed by atoms with Gasteiger partial charge in [-0.25, -0.2) is 4.79 Å². The lowest BCUT2D eigenvalue weighted by Gasteiger charge is -2.24. The second-order valence-corrected chi connectivity index (χ2v) is 7.72. The van der Waals surface area contributed by atoms with Gasteiger partial charge < -0.3 is 15.2 Å². The molecule has 2 aromatic rings. The average Bonchev–Trinajstić information content (AvgIpc) is 2.95. The van der Waals surface area contributed by atoms with Gasteiger partial charge in [-0.15, -0.1) is 11.3 Å². The normalized spacial score (nSPS) is 16.1. The van der Waals surface area contributed by atoms with Crippen LogP contribution < -0.4 is 10.5 Å². The van der Waals surface area contributed by atoms with Crippen LogP contribution in [0.2, 0.25) is 0 Å². The minimum atomic E-state index is -0.470. The van der Waals surface area contributed by atoms with Crippen molar-refractivity contribution in [3.05, 3.63) is 62.2 Å². The van der Waals surface area contributed by atoms with Crippen molar-refractivity contribution < 1.29 is 14.3 Å². The molecule has 1 aliphatic rings. The summed E-state index contributed by atoms with van der Waals surface area (Å²) in [4.78, 5) is 13.7. The van der Waals surface area contributed by atoms with Crippen molar-refractivity contribution >= 4 is 17.3 Å². The van der Waals surface area contributed by atoms with E-state index >= 15 is 0 Å². The summed E-state index contributed by atoms with van der Waals surface area (Å²) in [7, 11) is 1.33. The van der Waals surface area contributed by atoms with E-state index in [0.717, 1.165) is 15.3 Å². The van der Waals surface area contributed by atoms with E-state index in [9.17, 15) is 10.1 Å². The van der Waals surface area contributed by atoms with Crippen molar-refractivity contribution in [2.24, 2.45) is 5.73 Å². The molecular weight excluding hydrogens is 348 g/mol. The van der Waals surface area contributed by atoms with Crippen molar-refractivity contribution in [1.29, 1.82) is 5.26 Å². The number of fused-ring (bicyclic) bond motifs is 1. The number of hydrogen-bond acceptors (Lipinski definition) is 6. The maximum Gasteiger partial charge on any atom is 0.342 e. The van der Waals surface area contributed by atoms with Crippen LogP contribution in [0.25, 0.3) is 0 Å². The lowest BCUT2D eigenvalue weighted by molar-refractivity contribution is 0.0597. The maximum atomic E-state index is 12.2. The molecule has 3 rings (SSSR count). The number of nitrogens with zero attached hydrogens (tertiary/aromatic N) is 1. The first-order chi connectivity index (χ1) is 12.4. The van der Waals surface area contributed by atoms with Crippen LogP contribution >= 0.6 is 11.3 Å². The predicted octanol–water partition coefficient (Wildman–Crippen LogP) is 4.18. The molecule has 2 N–H and O–H groups in total. The fourth-order valence-corrected chi connectivity index (χ4v) is 4.34. The van der Waals surface area contributed by atoms with E-state index in [0.29, 0.717) is 22.8 Å². The molecule has 0 spiro atoms. The summed E-state index contributed by atoms with van der Waals surface area (Å²) in [5, 5.41) is 9.64. The number of nitrogens with two attached hydrogens (primary N) is 1. The van der Waals surface area contributed by atoms with E-state index in [1.165, 1.54) is 24.0 Å². The highest BCUT2D eigenvalue weighted by molar-refractivity contribution is 7.12. The first-order valence-electron chi connectivity index (χ1n) is 8.28. The molecule has 1 aliphatic heterocycles. The number of rotatable bonds is 3. The molecule has 26 heavy (non-hydrogen) atoms. The van der Waals surface area contributed by atoms with Gasteiger partial charge in [-0.1, -0.05) is 38.1 Å². The third kappa shape index (κ3) is 2.85. The Balaban J connectivity index is 2.18. The monoisotopic (exact) mass is 368 g/mol. The van der Waals surface area contributed by atoms with E-state index in [4.69, 9.17) is 15.2 Å². The molecule has 0 radical (unpaired) electrons. The van der Waals surface area contributed by atoms with Crippen molar-refractivity contribution in [2.45, 2.75) is 32.6 Å². The molecule has 0 saturated carbocycles. The predicted molar refractivity (Wildman–Crippen MR) is 100 cm³/mol. The van der Waals surface area contributed by atoms with Crippen LogP contribution in [0, 0.1) is 18.3 Å². The van der Waals surface area contributed by atoms with Crippen LogP contribution in [-0.2, 0) is 4.74 Å². The topological polar surface area (TPSA) is 85.3 Å². The molecule has 6 heteroatoms. The number of ether oxygens (including phenoxy) is 2. The molecule has 2 heterocycles. The molecule has 0 fully saturated rings. The van der Waals surface area contributed by atoms with Crippen molar-refractivity contribution in [1.82, 2.24) is 0 Å². The fraction of sp³-hybridized carbons (Fsp3) is 0.300. The first-order valence-corrected chi connectivity index (χ1v) is 9.09. The van der Waals surface area contributed by atoms with Gasteiger partial charge in [0.15, 0.2) is 5.75 Å². The van der Waals surface area contributed by atoms with E-state index in [2.05, 4.69) is 32.0 Å². The minimum Gasteiger partial charge on any atom is -0.465 e. The van der Waals surface area contributed by atoms with Crippen LogP contribution in [0.3, 0.4) is 0 Å². The minimum absolute atomic E-state index is 0.0286. The zero-order chi connectivity index (χ0) is 19.0. The van der Waals surface area contributed by atoms with Crippen molar-refractivity contribution in [3.63, 3.8) is 0 Å². The number of aryl methyl sites for hydroxylation is 1. The highest BCUT2D eigenvalue weighted by Crippen LogP contribution is 2.49. The van der Waals surface area contributed by atoms with Crippen molar-refractivity contribution in [2.75, 3.05) is 7.11 Å². The molecule has 0 saturated heterocycles. The SMILES string of the molecule is COC(=O)c1c(C)sc2c1OC(N)=C(C#N)[C@H]2c1ccc(C(C)C)cc1. The number of nitriles is 1. The second-order valence-electron chi connectivity index (χ2n) is 6.46. The summed E-state index contributed by atoms with van der Waals surface area (Å²) in [6.45, 7) is 6.09.